The van der Waals surface area contributed by atoms with Crippen molar-refractivity contribution in [2.45, 2.75) is 59.5 Å². The Morgan fingerprint density at radius 2 is 1.84 bits per heavy atom. The predicted molar refractivity (Wildman–Crippen MR) is 152 cm³/mol. The molecule has 9 nitrogen and oxygen atoms in total. The van der Waals surface area contributed by atoms with Gasteiger partial charge in [-0.3, -0.25) is 19.8 Å². The molecule has 0 radical (unpaired) electrons. The molecule has 2 aromatic carbocycles. The number of carbonyl (C=O) groups is 3. The van der Waals surface area contributed by atoms with Crippen LogP contribution in [0.4, 0.5) is 0 Å². The van der Waals surface area contributed by atoms with Gasteiger partial charge < -0.3 is 25.4 Å². The minimum Gasteiger partial charge on any atom is -0.507 e. The Balaban J connectivity index is 0.00000507. The van der Waals surface area contributed by atoms with Gasteiger partial charge in [0.05, 0.1) is 24.8 Å². The van der Waals surface area contributed by atoms with Gasteiger partial charge in [-0.15, -0.1) is 17.0 Å². The molecule has 2 amide bonds. The molecular formula is C28H37BrN4O5. The molecule has 206 valence electrons. The van der Waals surface area contributed by atoms with E-state index >= 15 is 0 Å². The van der Waals surface area contributed by atoms with Crippen molar-refractivity contribution < 1.29 is 24.2 Å². The number of hydrogen-bond donors (Lipinski definition) is 4. The molecule has 10 heteroatoms. The van der Waals surface area contributed by atoms with Crippen LogP contribution in [0, 0.1) is 5.41 Å². The summed E-state index contributed by atoms with van der Waals surface area (Å²) in [5.74, 6) is -0.141. The van der Waals surface area contributed by atoms with Crippen molar-refractivity contribution in [3.05, 3.63) is 57.6 Å². The molecule has 0 saturated heterocycles. The number of ketones is 1. The average Bonchev–Trinajstić information content (AvgIpc) is 3.11. The molecule has 3 rings (SSSR count). The molecule has 1 atom stereocenters. The van der Waals surface area contributed by atoms with E-state index in [9.17, 15) is 19.5 Å². The van der Waals surface area contributed by atoms with Gasteiger partial charge in [0, 0.05) is 42.8 Å². The zero-order valence-corrected chi connectivity index (χ0v) is 24.7. The number of carbonyl (C=O) groups excluding carboxylic acids is 3. The number of aromatic hydroxyl groups is 1. The van der Waals surface area contributed by atoms with Crippen LogP contribution in [0.2, 0.25) is 0 Å². The van der Waals surface area contributed by atoms with Gasteiger partial charge in [0.15, 0.2) is 5.78 Å². The lowest BCUT2D eigenvalue weighted by atomic mass is 9.82. The van der Waals surface area contributed by atoms with E-state index in [2.05, 4.69) is 10.6 Å². The second kappa shape index (κ2) is 12.0. The molecule has 2 aromatic rings. The summed E-state index contributed by atoms with van der Waals surface area (Å²) in [6, 6.07) is 6.19. The summed E-state index contributed by atoms with van der Waals surface area (Å²) in [7, 11) is 1.53. The Kier molecular flexibility index (Phi) is 9.72. The van der Waals surface area contributed by atoms with Crippen molar-refractivity contribution in [3.8, 4) is 11.5 Å². The Morgan fingerprint density at radius 1 is 1.18 bits per heavy atom. The molecule has 0 bridgehead atoms. The van der Waals surface area contributed by atoms with Gasteiger partial charge in [-0.05, 0) is 49.1 Å². The zero-order chi connectivity index (χ0) is 27.7. The molecule has 0 aromatic heterocycles. The number of Topliss-reactive ketones (excluding diaryl/α,β-unsaturated/α-hetero) is 1. The monoisotopic (exact) mass is 588 g/mol. The van der Waals surface area contributed by atoms with Crippen LogP contribution < -0.4 is 15.4 Å². The van der Waals surface area contributed by atoms with Crippen LogP contribution in [0.25, 0.3) is 0 Å². The summed E-state index contributed by atoms with van der Waals surface area (Å²) in [4.78, 5) is 39.1. The number of ether oxygens (including phenoxy) is 1. The van der Waals surface area contributed by atoms with Crippen LogP contribution in [0.5, 0.6) is 11.5 Å². The molecule has 0 aliphatic carbocycles. The number of phenolic OH excluding ortho intramolecular Hbond substituents is 1. The SMILES string of the molecule is Br.CCOc1cc2c(cc1C(=O)NC)C(=N)N(CC(=O)c1cc(C(C)NC(C)=O)c(O)c(C(C)(C)C)c1)C2. The first-order valence-corrected chi connectivity index (χ1v) is 12.3. The molecular weight excluding hydrogens is 552 g/mol. The standard InChI is InChI=1S/C28H36N4O5.BrH/c1-8-37-24-11-18-13-32(26(29)20(18)12-21(24)27(36)30-7)14-23(34)17-9-19(15(2)31-16(3)33)25(35)22(10-17)28(4,5)6;/h9-12,15,29,35H,8,13-14H2,1-7H3,(H,30,36)(H,31,33);1H. The van der Waals surface area contributed by atoms with Crippen molar-refractivity contribution in [2.75, 3.05) is 20.2 Å². The molecule has 1 aliphatic rings. The lowest BCUT2D eigenvalue weighted by Gasteiger charge is -2.26. The van der Waals surface area contributed by atoms with E-state index in [0.29, 0.717) is 46.7 Å². The van der Waals surface area contributed by atoms with Gasteiger partial charge >= 0.3 is 0 Å². The number of benzene rings is 2. The number of phenols is 1. The van der Waals surface area contributed by atoms with Crippen molar-refractivity contribution in [3.63, 3.8) is 0 Å². The highest BCUT2D eigenvalue weighted by Crippen LogP contribution is 2.37. The Labute approximate surface area is 234 Å². The van der Waals surface area contributed by atoms with Gasteiger partial charge in [0.25, 0.3) is 5.91 Å². The molecule has 4 N–H and O–H groups in total. The maximum absolute atomic E-state index is 13.5. The van der Waals surface area contributed by atoms with Crippen molar-refractivity contribution >= 4 is 40.4 Å². The highest BCUT2D eigenvalue weighted by Gasteiger charge is 2.31. The van der Waals surface area contributed by atoms with Gasteiger partial charge in [-0.1, -0.05) is 20.8 Å². The highest BCUT2D eigenvalue weighted by atomic mass is 79.9. The highest BCUT2D eigenvalue weighted by molar-refractivity contribution is 8.93. The number of rotatable bonds is 8. The second-order valence-corrected chi connectivity index (χ2v) is 10.3. The molecule has 1 heterocycles. The van der Waals surface area contributed by atoms with Crippen molar-refractivity contribution in [1.29, 1.82) is 5.41 Å². The van der Waals surface area contributed by atoms with E-state index in [1.807, 2.05) is 27.7 Å². The van der Waals surface area contributed by atoms with E-state index in [0.717, 1.165) is 5.56 Å². The molecule has 1 aliphatic heterocycles. The van der Waals surface area contributed by atoms with Gasteiger partial charge in [-0.2, -0.15) is 0 Å². The zero-order valence-electron chi connectivity index (χ0n) is 22.9. The lowest BCUT2D eigenvalue weighted by Crippen LogP contribution is -2.31. The topological polar surface area (TPSA) is 132 Å². The van der Waals surface area contributed by atoms with Gasteiger partial charge in [-0.25, -0.2) is 0 Å². The molecule has 0 saturated carbocycles. The third-order valence-corrected chi connectivity index (χ3v) is 6.40. The van der Waals surface area contributed by atoms with Gasteiger partial charge in [0.2, 0.25) is 5.91 Å². The first-order valence-electron chi connectivity index (χ1n) is 12.3. The number of nitrogens with zero attached hydrogens (tertiary/aromatic N) is 1. The number of amides is 2. The average molecular weight is 590 g/mol. The maximum Gasteiger partial charge on any atom is 0.254 e. The summed E-state index contributed by atoms with van der Waals surface area (Å²) in [5.41, 5.74) is 2.72. The third kappa shape index (κ3) is 6.35. The molecule has 38 heavy (non-hydrogen) atoms. The number of halogens is 1. The van der Waals surface area contributed by atoms with E-state index < -0.39 is 11.5 Å². The minimum absolute atomic E-state index is 0. The second-order valence-electron chi connectivity index (χ2n) is 10.3. The van der Waals surface area contributed by atoms with Crippen LogP contribution in [-0.2, 0) is 16.8 Å². The third-order valence-electron chi connectivity index (χ3n) is 6.40. The van der Waals surface area contributed by atoms with E-state index in [1.165, 1.54) is 14.0 Å². The molecule has 0 fully saturated rings. The van der Waals surface area contributed by atoms with Crippen molar-refractivity contribution in [1.82, 2.24) is 15.5 Å². The first-order chi connectivity index (χ1) is 17.3. The molecule has 1 unspecified atom stereocenters. The Bertz CT molecular complexity index is 1270. The summed E-state index contributed by atoms with van der Waals surface area (Å²) in [6.07, 6.45) is 0. The lowest BCUT2D eigenvalue weighted by molar-refractivity contribution is -0.119. The predicted octanol–water partition coefficient (Wildman–Crippen LogP) is 4.25. The number of amidine groups is 1. The fourth-order valence-electron chi connectivity index (χ4n) is 4.52. The fourth-order valence-corrected chi connectivity index (χ4v) is 4.52. The summed E-state index contributed by atoms with van der Waals surface area (Å²) in [6.45, 7) is 11.5. The van der Waals surface area contributed by atoms with Crippen LogP contribution in [-0.4, -0.2) is 53.6 Å². The first kappa shape index (κ1) is 30.8. The van der Waals surface area contributed by atoms with E-state index in [-0.39, 0.29) is 52.7 Å². The minimum atomic E-state index is -0.499. The van der Waals surface area contributed by atoms with Crippen molar-refractivity contribution in [2.24, 2.45) is 0 Å². The summed E-state index contributed by atoms with van der Waals surface area (Å²) in [5, 5.41) is 25.0. The van der Waals surface area contributed by atoms with Crippen LogP contribution in [0.3, 0.4) is 0 Å². The Morgan fingerprint density at radius 3 is 2.39 bits per heavy atom. The molecule has 0 spiro atoms. The number of hydrogen-bond acceptors (Lipinski definition) is 6. The normalized spacial score (nSPS) is 13.3. The Hall–Kier alpha value is -3.40. The smallest absolute Gasteiger partial charge is 0.254 e. The van der Waals surface area contributed by atoms with E-state index in [1.54, 1.807) is 36.1 Å². The van der Waals surface area contributed by atoms with Gasteiger partial charge in [0.1, 0.15) is 17.3 Å². The van der Waals surface area contributed by atoms with E-state index in [4.69, 9.17) is 10.1 Å². The quantitative estimate of drug-likeness (QED) is 0.341. The number of nitrogens with one attached hydrogen (secondary N) is 3. The van der Waals surface area contributed by atoms with Crippen LogP contribution in [0.15, 0.2) is 24.3 Å². The fraction of sp³-hybridized carbons (Fsp3) is 0.429. The summed E-state index contributed by atoms with van der Waals surface area (Å²) >= 11 is 0. The summed E-state index contributed by atoms with van der Waals surface area (Å²) < 4.78 is 5.65. The van der Waals surface area contributed by atoms with Crippen LogP contribution >= 0.6 is 17.0 Å². The maximum atomic E-state index is 13.5. The largest absolute Gasteiger partial charge is 0.507 e. The number of fused-ring (bicyclic) bond motifs is 1. The van der Waals surface area contributed by atoms with Crippen LogP contribution in [0.1, 0.15) is 90.6 Å².